The number of rotatable bonds is 7. The molecule has 0 radical (unpaired) electrons. The molecule has 0 fully saturated rings. The average Bonchev–Trinajstić information content (AvgIpc) is 2.98. The van der Waals surface area contributed by atoms with E-state index >= 15 is 0 Å². The standard InChI is InChI=1S/C21H25NO4S/c1-4-25-19-10-17-8-14(2)26-20(17)11-18(19)12-22-21(23)16-7-5-6-15(9-16)13-27(3)24/h5-7,9-11,14H,4,8,12-13H2,1-3H3,(H,22,23)/t14-,27+/m0/s1. The number of hydrogen-bond acceptors (Lipinski definition) is 4. The largest absolute Gasteiger partial charge is 0.494 e. The van der Waals surface area contributed by atoms with Crippen LogP contribution in [0.15, 0.2) is 36.4 Å². The summed E-state index contributed by atoms with van der Waals surface area (Å²) in [7, 11) is -0.942. The van der Waals surface area contributed by atoms with Crippen molar-refractivity contribution in [1.82, 2.24) is 5.32 Å². The van der Waals surface area contributed by atoms with Gasteiger partial charge in [-0.2, -0.15) is 0 Å². The molecular weight excluding hydrogens is 362 g/mol. The molecule has 1 amide bonds. The summed E-state index contributed by atoms with van der Waals surface area (Å²) in [6.07, 6.45) is 2.68. The molecule has 1 aliphatic heterocycles. The van der Waals surface area contributed by atoms with Crippen molar-refractivity contribution < 1.29 is 18.5 Å². The molecule has 1 heterocycles. The maximum absolute atomic E-state index is 12.6. The van der Waals surface area contributed by atoms with Crippen LogP contribution < -0.4 is 14.8 Å². The lowest BCUT2D eigenvalue weighted by Crippen LogP contribution is -2.23. The molecule has 0 unspecified atom stereocenters. The van der Waals surface area contributed by atoms with Crippen molar-refractivity contribution in [1.29, 1.82) is 0 Å². The number of carbonyl (C=O) groups excluding carboxylic acids is 1. The molecule has 0 aliphatic carbocycles. The fourth-order valence-electron chi connectivity index (χ4n) is 3.22. The fraction of sp³-hybridized carbons (Fsp3) is 0.381. The zero-order valence-electron chi connectivity index (χ0n) is 15.9. The Morgan fingerprint density at radius 1 is 1.33 bits per heavy atom. The first-order valence-corrected chi connectivity index (χ1v) is 10.8. The van der Waals surface area contributed by atoms with E-state index in [0.29, 0.717) is 24.5 Å². The van der Waals surface area contributed by atoms with Gasteiger partial charge in [0, 0.05) is 52.5 Å². The highest BCUT2D eigenvalue weighted by Crippen LogP contribution is 2.35. The van der Waals surface area contributed by atoms with Crippen molar-refractivity contribution in [2.75, 3.05) is 12.9 Å². The van der Waals surface area contributed by atoms with Crippen LogP contribution in [-0.2, 0) is 29.5 Å². The number of hydrogen-bond donors (Lipinski definition) is 1. The minimum Gasteiger partial charge on any atom is -0.494 e. The van der Waals surface area contributed by atoms with E-state index < -0.39 is 10.8 Å². The molecule has 2 aromatic rings. The molecule has 0 saturated heterocycles. The summed E-state index contributed by atoms with van der Waals surface area (Å²) in [6.45, 7) is 4.89. The first-order chi connectivity index (χ1) is 13.0. The summed E-state index contributed by atoms with van der Waals surface area (Å²) in [4.78, 5) is 12.6. The van der Waals surface area contributed by atoms with Gasteiger partial charge in [-0.25, -0.2) is 0 Å². The number of fused-ring (bicyclic) bond motifs is 1. The molecule has 2 atom stereocenters. The number of carbonyl (C=O) groups is 1. The number of nitrogens with one attached hydrogen (secondary N) is 1. The number of ether oxygens (including phenoxy) is 2. The first kappa shape index (κ1) is 19.4. The Bertz CT molecular complexity index is 865. The van der Waals surface area contributed by atoms with Gasteiger partial charge < -0.3 is 14.8 Å². The molecule has 6 heteroatoms. The van der Waals surface area contributed by atoms with Gasteiger partial charge in [0.15, 0.2) is 0 Å². The Hall–Kier alpha value is -2.34. The molecule has 1 N–H and O–H groups in total. The van der Waals surface area contributed by atoms with Gasteiger partial charge in [-0.05, 0) is 43.7 Å². The Morgan fingerprint density at radius 2 is 2.15 bits per heavy atom. The average molecular weight is 388 g/mol. The van der Waals surface area contributed by atoms with Crippen molar-refractivity contribution in [2.24, 2.45) is 0 Å². The number of amides is 1. The van der Waals surface area contributed by atoms with Gasteiger partial charge in [0.05, 0.1) is 6.61 Å². The van der Waals surface area contributed by atoms with Crippen LogP contribution in [0.5, 0.6) is 11.5 Å². The van der Waals surface area contributed by atoms with Crippen LogP contribution in [0.25, 0.3) is 0 Å². The van der Waals surface area contributed by atoms with Crippen LogP contribution in [0.1, 0.15) is 40.9 Å². The third-order valence-corrected chi connectivity index (χ3v) is 5.12. The van der Waals surface area contributed by atoms with Gasteiger partial charge in [0.1, 0.15) is 17.6 Å². The van der Waals surface area contributed by atoms with E-state index in [1.165, 1.54) is 0 Å². The van der Waals surface area contributed by atoms with E-state index in [2.05, 4.69) is 5.32 Å². The lowest BCUT2D eigenvalue weighted by molar-refractivity contribution is 0.0950. The SMILES string of the molecule is CCOc1cc2c(cc1CNC(=O)c1cccc(C[S@@](C)=O)c1)O[C@@H](C)C2. The summed E-state index contributed by atoms with van der Waals surface area (Å²) in [5, 5.41) is 2.95. The van der Waals surface area contributed by atoms with Crippen molar-refractivity contribution in [2.45, 2.75) is 38.7 Å². The van der Waals surface area contributed by atoms with Crippen molar-refractivity contribution in [3.63, 3.8) is 0 Å². The van der Waals surface area contributed by atoms with Crippen LogP contribution in [0.2, 0.25) is 0 Å². The smallest absolute Gasteiger partial charge is 0.251 e. The zero-order valence-corrected chi connectivity index (χ0v) is 16.7. The monoisotopic (exact) mass is 387 g/mol. The van der Waals surface area contributed by atoms with Gasteiger partial charge in [-0.1, -0.05) is 12.1 Å². The summed E-state index contributed by atoms with van der Waals surface area (Å²) in [6, 6.07) is 11.2. The summed E-state index contributed by atoms with van der Waals surface area (Å²) in [5.41, 5.74) is 3.48. The summed E-state index contributed by atoms with van der Waals surface area (Å²) in [5.74, 6) is 1.92. The van der Waals surface area contributed by atoms with Gasteiger partial charge in [0.2, 0.25) is 0 Å². The fourth-order valence-corrected chi connectivity index (χ4v) is 3.87. The van der Waals surface area contributed by atoms with Crippen LogP contribution in [0.3, 0.4) is 0 Å². The number of benzene rings is 2. The highest BCUT2D eigenvalue weighted by atomic mass is 32.2. The second-order valence-corrected chi connectivity index (χ2v) is 8.17. The van der Waals surface area contributed by atoms with Gasteiger partial charge in [-0.15, -0.1) is 0 Å². The van der Waals surface area contributed by atoms with Gasteiger partial charge in [-0.3, -0.25) is 9.00 Å². The molecule has 0 spiro atoms. The lowest BCUT2D eigenvalue weighted by Gasteiger charge is -2.13. The van der Waals surface area contributed by atoms with Gasteiger partial charge >= 0.3 is 0 Å². The van der Waals surface area contributed by atoms with Crippen molar-refractivity contribution >= 4 is 16.7 Å². The normalized spacial score (nSPS) is 16.3. The van der Waals surface area contributed by atoms with Crippen LogP contribution >= 0.6 is 0 Å². The molecule has 5 nitrogen and oxygen atoms in total. The van der Waals surface area contributed by atoms with E-state index in [9.17, 15) is 9.00 Å². The zero-order chi connectivity index (χ0) is 19.4. The highest BCUT2D eigenvalue weighted by molar-refractivity contribution is 7.83. The summed E-state index contributed by atoms with van der Waals surface area (Å²) >= 11 is 0. The predicted octanol–water partition coefficient (Wildman–Crippen LogP) is 3.22. The molecule has 2 aromatic carbocycles. The third kappa shape index (κ3) is 4.89. The lowest BCUT2D eigenvalue weighted by atomic mass is 10.1. The molecular formula is C21H25NO4S. The molecule has 27 heavy (non-hydrogen) atoms. The highest BCUT2D eigenvalue weighted by Gasteiger charge is 2.22. The van der Waals surface area contributed by atoms with Crippen molar-refractivity contribution in [3.05, 3.63) is 58.7 Å². The predicted molar refractivity (Wildman–Crippen MR) is 107 cm³/mol. The second kappa shape index (κ2) is 8.57. The molecule has 3 rings (SSSR count). The Morgan fingerprint density at radius 3 is 2.89 bits per heavy atom. The second-order valence-electron chi connectivity index (χ2n) is 6.73. The Kier molecular flexibility index (Phi) is 6.16. The Balaban J connectivity index is 1.73. The first-order valence-electron chi connectivity index (χ1n) is 9.08. The molecule has 144 valence electrons. The minimum absolute atomic E-state index is 0.158. The topological polar surface area (TPSA) is 64.6 Å². The van der Waals surface area contributed by atoms with Crippen molar-refractivity contribution in [3.8, 4) is 11.5 Å². The van der Waals surface area contributed by atoms with E-state index in [1.807, 2.05) is 38.1 Å². The minimum atomic E-state index is -0.942. The van der Waals surface area contributed by atoms with Crippen LogP contribution in [0, 0.1) is 0 Å². The molecule has 0 bridgehead atoms. The van der Waals surface area contributed by atoms with Crippen LogP contribution in [-0.4, -0.2) is 29.1 Å². The molecule has 1 aliphatic rings. The third-order valence-electron chi connectivity index (χ3n) is 4.38. The van der Waals surface area contributed by atoms with E-state index in [0.717, 1.165) is 34.6 Å². The van der Waals surface area contributed by atoms with E-state index in [4.69, 9.17) is 9.47 Å². The van der Waals surface area contributed by atoms with E-state index in [-0.39, 0.29) is 12.0 Å². The molecule has 0 saturated carbocycles. The summed E-state index contributed by atoms with van der Waals surface area (Å²) < 4.78 is 23.0. The molecule has 0 aromatic heterocycles. The Labute approximate surface area is 162 Å². The quantitative estimate of drug-likeness (QED) is 0.792. The maximum atomic E-state index is 12.6. The van der Waals surface area contributed by atoms with Crippen LogP contribution in [0.4, 0.5) is 0 Å². The maximum Gasteiger partial charge on any atom is 0.251 e. The van der Waals surface area contributed by atoms with Gasteiger partial charge in [0.25, 0.3) is 5.91 Å². The van der Waals surface area contributed by atoms with E-state index in [1.54, 1.807) is 18.4 Å².